The zero-order valence-electron chi connectivity index (χ0n) is 12.1. The quantitative estimate of drug-likeness (QED) is 0.750. The number of benzene rings is 1. The highest BCUT2D eigenvalue weighted by Gasteiger charge is 2.28. The molecule has 0 unspecified atom stereocenters. The predicted molar refractivity (Wildman–Crippen MR) is 81.4 cm³/mol. The molecule has 1 saturated carbocycles. The maximum absolute atomic E-state index is 5.77. The van der Waals surface area contributed by atoms with Crippen LogP contribution in [0.25, 0.3) is 11.1 Å². The fraction of sp³-hybridized carbons (Fsp3) is 0.353. The number of hydrogen-bond donors (Lipinski definition) is 1. The second kappa shape index (κ2) is 4.95. The zero-order valence-corrected chi connectivity index (χ0v) is 12.1. The lowest BCUT2D eigenvalue weighted by atomic mass is 10.3. The van der Waals surface area contributed by atoms with Gasteiger partial charge in [-0.3, -0.25) is 0 Å². The van der Waals surface area contributed by atoms with Gasteiger partial charge in [-0.2, -0.15) is 0 Å². The van der Waals surface area contributed by atoms with E-state index in [1.165, 1.54) is 12.8 Å². The summed E-state index contributed by atoms with van der Waals surface area (Å²) in [5.41, 5.74) is 2.83. The molecule has 0 aliphatic heterocycles. The molecule has 0 saturated heterocycles. The van der Waals surface area contributed by atoms with Crippen molar-refractivity contribution >= 4 is 16.8 Å². The average Bonchev–Trinajstić information content (AvgIpc) is 3.11. The maximum Gasteiger partial charge on any atom is 0.198 e. The molecule has 1 fully saturated rings. The molecule has 2 heterocycles. The Morgan fingerprint density at radius 1 is 1.14 bits per heavy atom. The lowest BCUT2D eigenvalue weighted by molar-refractivity contribution is 0.476. The second-order valence-corrected chi connectivity index (χ2v) is 5.58. The van der Waals surface area contributed by atoms with Gasteiger partial charge >= 0.3 is 0 Å². The highest BCUT2D eigenvalue weighted by atomic mass is 16.3. The van der Waals surface area contributed by atoms with E-state index in [4.69, 9.17) is 8.83 Å². The van der Waals surface area contributed by atoms with Gasteiger partial charge in [-0.15, -0.1) is 0 Å². The summed E-state index contributed by atoms with van der Waals surface area (Å²) in [5.74, 6) is 3.41. The van der Waals surface area contributed by atoms with Crippen molar-refractivity contribution in [2.45, 2.75) is 38.6 Å². The van der Waals surface area contributed by atoms with Gasteiger partial charge in [0, 0.05) is 18.0 Å². The van der Waals surface area contributed by atoms with E-state index in [0.717, 1.165) is 40.6 Å². The summed E-state index contributed by atoms with van der Waals surface area (Å²) < 4.78 is 11.5. The van der Waals surface area contributed by atoms with Crippen LogP contribution in [0.1, 0.15) is 43.1 Å². The standard InChI is InChI=1S/C17H18N2O2/c1-2-13-6-7-14(20-13)10-18-12-5-8-16-15(9-12)19-17(21-16)11-3-4-11/h5-9,11,18H,2-4,10H2,1H3. The summed E-state index contributed by atoms with van der Waals surface area (Å²) in [6, 6.07) is 10.1. The van der Waals surface area contributed by atoms with Crippen molar-refractivity contribution in [3.8, 4) is 0 Å². The van der Waals surface area contributed by atoms with Crippen LogP contribution in [0.5, 0.6) is 0 Å². The van der Waals surface area contributed by atoms with Crippen molar-refractivity contribution in [2.24, 2.45) is 0 Å². The summed E-state index contributed by atoms with van der Waals surface area (Å²) in [4.78, 5) is 4.58. The minimum atomic E-state index is 0.546. The molecule has 1 aliphatic rings. The van der Waals surface area contributed by atoms with Gasteiger partial charge in [-0.05, 0) is 43.2 Å². The number of anilines is 1. The van der Waals surface area contributed by atoms with E-state index in [2.05, 4.69) is 17.2 Å². The molecule has 0 atom stereocenters. The van der Waals surface area contributed by atoms with Gasteiger partial charge in [0.15, 0.2) is 11.5 Å². The van der Waals surface area contributed by atoms with Gasteiger partial charge in [0.2, 0.25) is 0 Å². The van der Waals surface area contributed by atoms with E-state index < -0.39 is 0 Å². The SMILES string of the molecule is CCc1ccc(CNc2ccc3oc(C4CC4)nc3c2)o1. The van der Waals surface area contributed by atoms with Crippen molar-refractivity contribution in [3.05, 3.63) is 47.7 Å². The summed E-state index contributed by atoms with van der Waals surface area (Å²) in [6.45, 7) is 2.77. The molecule has 21 heavy (non-hydrogen) atoms. The average molecular weight is 282 g/mol. The summed E-state index contributed by atoms with van der Waals surface area (Å²) in [6.07, 6.45) is 3.33. The molecule has 4 rings (SSSR count). The van der Waals surface area contributed by atoms with E-state index in [0.29, 0.717) is 12.5 Å². The normalized spacial score (nSPS) is 14.7. The van der Waals surface area contributed by atoms with Crippen molar-refractivity contribution in [1.82, 2.24) is 4.98 Å². The fourth-order valence-electron chi connectivity index (χ4n) is 2.46. The smallest absolute Gasteiger partial charge is 0.198 e. The number of hydrogen-bond acceptors (Lipinski definition) is 4. The maximum atomic E-state index is 5.77. The van der Waals surface area contributed by atoms with Gasteiger partial charge < -0.3 is 14.2 Å². The van der Waals surface area contributed by atoms with Crippen molar-refractivity contribution in [3.63, 3.8) is 0 Å². The number of furan rings is 1. The second-order valence-electron chi connectivity index (χ2n) is 5.58. The minimum absolute atomic E-state index is 0.546. The Labute approximate surface area is 123 Å². The highest BCUT2D eigenvalue weighted by molar-refractivity contribution is 5.77. The molecule has 1 aliphatic carbocycles. The number of aryl methyl sites for hydroxylation is 1. The third-order valence-corrected chi connectivity index (χ3v) is 3.86. The Morgan fingerprint density at radius 3 is 2.76 bits per heavy atom. The summed E-state index contributed by atoms with van der Waals surface area (Å²) >= 11 is 0. The molecule has 3 aromatic rings. The Bertz CT molecular complexity index is 768. The third-order valence-electron chi connectivity index (χ3n) is 3.86. The molecule has 1 N–H and O–H groups in total. The summed E-state index contributed by atoms with van der Waals surface area (Å²) in [5, 5.41) is 3.37. The van der Waals surface area contributed by atoms with Crippen molar-refractivity contribution < 1.29 is 8.83 Å². The molecular formula is C17H18N2O2. The van der Waals surface area contributed by atoms with Crippen LogP contribution in [0.4, 0.5) is 5.69 Å². The first-order valence-electron chi connectivity index (χ1n) is 7.54. The molecule has 0 amide bonds. The van der Waals surface area contributed by atoms with Crippen LogP contribution in [-0.2, 0) is 13.0 Å². The molecular weight excluding hydrogens is 264 g/mol. The summed E-state index contributed by atoms with van der Waals surface area (Å²) in [7, 11) is 0. The molecule has 4 heteroatoms. The molecule has 2 aromatic heterocycles. The molecule has 1 aromatic carbocycles. The van der Waals surface area contributed by atoms with Gasteiger partial charge in [0.1, 0.15) is 17.0 Å². The van der Waals surface area contributed by atoms with E-state index in [9.17, 15) is 0 Å². The topological polar surface area (TPSA) is 51.2 Å². The molecule has 0 radical (unpaired) electrons. The number of fused-ring (bicyclic) bond motifs is 1. The molecule has 0 spiro atoms. The lowest BCUT2D eigenvalue weighted by Crippen LogP contribution is -1.97. The minimum Gasteiger partial charge on any atom is -0.464 e. The van der Waals surface area contributed by atoms with E-state index in [1.807, 2.05) is 30.3 Å². The fourth-order valence-corrected chi connectivity index (χ4v) is 2.46. The Balaban J connectivity index is 1.50. The third kappa shape index (κ3) is 2.53. The number of nitrogens with zero attached hydrogens (tertiary/aromatic N) is 1. The number of oxazole rings is 1. The highest BCUT2D eigenvalue weighted by Crippen LogP contribution is 2.40. The van der Waals surface area contributed by atoms with Crippen LogP contribution >= 0.6 is 0 Å². The molecule has 4 nitrogen and oxygen atoms in total. The molecule has 0 bridgehead atoms. The zero-order chi connectivity index (χ0) is 14.2. The number of aromatic nitrogens is 1. The van der Waals surface area contributed by atoms with Crippen molar-refractivity contribution in [1.29, 1.82) is 0 Å². The van der Waals surface area contributed by atoms with Gasteiger partial charge in [-0.1, -0.05) is 6.92 Å². The Kier molecular flexibility index (Phi) is 2.95. The van der Waals surface area contributed by atoms with E-state index in [1.54, 1.807) is 0 Å². The van der Waals surface area contributed by atoms with E-state index in [-0.39, 0.29) is 0 Å². The van der Waals surface area contributed by atoms with Crippen LogP contribution in [0, 0.1) is 0 Å². The number of nitrogens with one attached hydrogen (secondary N) is 1. The monoisotopic (exact) mass is 282 g/mol. The Hall–Kier alpha value is -2.23. The first-order chi connectivity index (χ1) is 10.3. The van der Waals surface area contributed by atoms with Gasteiger partial charge in [0.05, 0.1) is 6.54 Å². The first kappa shape index (κ1) is 12.5. The lowest BCUT2D eigenvalue weighted by Gasteiger charge is -2.03. The van der Waals surface area contributed by atoms with Crippen molar-refractivity contribution in [2.75, 3.05) is 5.32 Å². The van der Waals surface area contributed by atoms with Crippen LogP contribution in [-0.4, -0.2) is 4.98 Å². The van der Waals surface area contributed by atoms with Crippen LogP contribution < -0.4 is 5.32 Å². The van der Waals surface area contributed by atoms with Gasteiger partial charge in [0.25, 0.3) is 0 Å². The van der Waals surface area contributed by atoms with Gasteiger partial charge in [-0.25, -0.2) is 4.98 Å². The molecule has 108 valence electrons. The van der Waals surface area contributed by atoms with E-state index >= 15 is 0 Å². The first-order valence-corrected chi connectivity index (χ1v) is 7.54. The largest absolute Gasteiger partial charge is 0.464 e. The predicted octanol–water partition coefficient (Wildman–Crippen LogP) is 4.47. The van der Waals surface area contributed by atoms with Crippen LogP contribution in [0.15, 0.2) is 39.2 Å². The Morgan fingerprint density at radius 2 is 2.00 bits per heavy atom. The van der Waals surface area contributed by atoms with Crippen LogP contribution in [0.2, 0.25) is 0 Å². The number of rotatable bonds is 5. The van der Waals surface area contributed by atoms with Crippen LogP contribution in [0.3, 0.4) is 0 Å².